The quantitative estimate of drug-likeness (QED) is 0.604. The molecule has 76 valence electrons. The van der Waals surface area contributed by atoms with E-state index in [9.17, 15) is 13.2 Å². The number of hydrogen-bond acceptors (Lipinski definition) is 2. The van der Waals surface area contributed by atoms with Gasteiger partial charge in [-0.15, -0.1) is 0 Å². The maximum Gasteiger partial charge on any atom is 0.418 e. The lowest BCUT2D eigenvalue weighted by atomic mass is 9.92. The molecule has 0 radical (unpaired) electrons. The number of alkyl halides is 3. The minimum atomic E-state index is -4.39. The van der Waals surface area contributed by atoms with Crippen LogP contribution in [-0.2, 0) is 6.18 Å². The van der Waals surface area contributed by atoms with Crippen molar-refractivity contribution >= 4 is 24.3 Å². The van der Waals surface area contributed by atoms with Crippen molar-refractivity contribution in [2.45, 2.75) is 6.18 Å². The summed E-state index contributed by atoms with van der Waals surface area (Å²) in [5.41, 5.74) is 0.152. The average Bonchev–Trinajstić information content (AvgIpc) is 2.17. The molecule has 2 aromatic rings. The summed E-state index contributed by atoms with van der Waals surface area (Å²) in [7, 11) is 1.71. The van der Waals surface area contributed by atoms with Gasteiger partial charge in [0.15, 0.2) is 0 Å². The maximum atomic E-state index is 12.6. The first-order valence-corrected chi connectivity index (χ1v) is 4.27. The molecule has 0 saturated heterocycles. The Morgan fingerprint density at radius 1 is 1.00 bits per heavy atom. The number of halogens is 3. The average molecular weight is 210 g/mol. The van der Waals surface area contributed by atoms with E-state index in [1.165, 1.54) is 18.5 Å². The van der Waals surface area contributed by atoms with Crippen molar-refractivity contribution in [2.75, 3.05) is 0 Å². The number of aromatic nitrogens is 2. The summed E-state index contributed by atoms with van der Waals surface area (Å²) in [6.07, 6.45) is -1.74. The first-order chi connectivity index (χ1) is 7.00. The highest BCUT2D eigenvalue weighted by molar-refractivity contribution is 6.38. The molecule has 0 aliphatic rings. The first kappa shape index (κ1) is 9.95. The third-order valence-corrected chi connectivity index (χ3v) is 2.13. The zero-order valence-corrected chi connectivity index (χ0v) is 7.84. The van der Waals surface area contributed by atoms with Crippen LogP contribution in [0.25, 0.3) is 11.0 Å². The van der Waals surface area contributed by atoms with Crippen LogP contribution in [0.5, 0.6) is 0 Å². The zero-order valence-electron chi connectivity index (χ0n) is 7.84. The molecule has 2 rings (SSSR count). The van der Waals surface area contributed by atoms with E-state index in [1.807, 2.05) is 0 Å². The molecule has 0 aliphatic heterocycles. The van der Waals surface area contributed by atoms with E-state index >= 15 is 0 Å². The Balaban J connectivity index is 2.84. The topological polar surface area (TPSA) is 25.8 Å². The second-order valence-electron chi connectivity index (χ2n) is 3.18. The predicted octanol–water partition coefficient (Wildman–Crippen LogP) is 0.907. The number of fused-ring (bicyclic) bond motifs is 1. The largest absolute Gasteiger partial charge is 0.418 e. The fraction of sp³-hybridized carbons (Fsp3) is 0.111. The fourth-order valence-corrected chi connectivity index (χ4v) is 1.42. The predicted molar refractivity (Wildman–Crippen MR) is 52.7 cm³/mol. The monoisotopic (exact) mass is 210 g/mol. The Bertz CT molecular complexity index is 510. The third-order valence-electron chi connectivity index (χ3n) is 2.13. The van der Waals surface area contributed by atoms with Gasteiger partial charge in [0.25, 0.3) is 0 Å². The Morgan fingerprint density at radius 3 is 2.20 bits per heavy atom. The second kappa shape index (κ2) is 3.22. The molecule has 0 unspecified atom stereocenters. The molecule has 1 heterocycles. The lowest BCUT2D eigenvalue weighted by Crippen LogP contribution is -2.13. The van der Waals surface area contributed by atoms with E-state index in [0.29, 0.717) is 11.0 Å². The molecule has 1 aromatic heterocycles. The zero-order chi connectivity index (χ0) is 11.1. The summed E-state index contributed by atoms with van der Waals surface area (Å²) in [6, 6.07) is 2.44. The molecule has 0 saturated carbocycles. The van der Waals surface area contributed by atoms with Gasteiger partial charge in [0.05, 0.1) is 11.1 Å². The van der Waals surface area contributed by atoms with Crippen molar-refractivity contribution in [3.8, 4) is 0 Å². The second-order valence-corrected chi connectivity index (χ2v) is 3.18. The summed E-state index contributed by atoms with van der Waals surface area (Å²) in [5, 5.41) is 0. The highest BCUT2D eigenvalue weighted by Gasteiger charge is 2.33. The first-order valence-electron chi connectivity index (χ1n) is 4.27. The molecule has 1 aromatic carbocycles. The molecular formula is C9H6BF3N2. The van der Waals surface area contributed by atoms with Gasteiger partial charge in [-0.2, -0.15) is 13.2 Å². The molecule has 0 atom stereocenters. The Hall–Kier alpha value is -1.59. The number of rotatable bonds is 0. The van der Waals surface area contributed by atoms with Crippen LogP contribution >= 0.6 is 0 Å². The highest BCUT2D eigenvalue weighted by Crippen LogP contribution is 2.32. The van der Waals surface area contributed by atoms with Crippen LogP contribution in [0.2, 0.25) is 0 Å². The molecule has 6 heteroatoms. The van der Waals surface area contributed by atoms with Crippen LogP contribution in [0.1, 0.15) is 5.56 Å². The van der Waals surface area contributed by atoms with E-state index in [0.717, 1.165) is 6.07 Å². The summed E-state index contributed by atoms with van der Waals surface area (Å²) >= 11 is 0. The minimum absolute atomic E-state index is 0.0926. The van der Waals surface area contributed by atoms with Crippen molar-refractivity contribution in [2.24, 2.45) is 0 Å². The van der Waals surface area contributed by atoms with Gasteiger partial charge in [0.1, 0.15) is 13.4 Å². The van der Waals surface area contributed by atoms with Crippen LogP contribution in [0, 0.1) is 0 Å². The smallest absolute Gasteiger partial charge is 0.254 e. The van der Waals surface area contributed by atoms with Crippen LogP contribution in [-0.4, -0.2) is 17.8 Å². The van der Waals surface area contributed by atoms with Crippen molar-refractivity contribution in [1.82, 2.24) is 9.97 Å². The van der Waals surface area contributed by atoms with E-state index in [2.05, 4.69) is 9.97 Å². The van der Waals surface area contributed by atoms with Gasteiger partial charge in [-0.25, -0.2) is 0 Å². The summed E-state index contributed by atoms with van der Waals surface area (Å²) in [6.45, 7) is 0. The summed E-state index contributed by atoms with van der Waals surface area (Å²) in [5.74, 6) is 0. The summed E-state index contributed by atoms with van der Waals surface area (Å²) < 4.78 is 37.7. The van der Waals surface area contributed by atoms with Gasteiger partial charge in [0, 0.05) is 12.4 Å². The standard InChI is InChI=1S/C9H6BF3N2/c10-6-2-1-5(9(11,12)13)7-8(6)15-4-3-14-7/h1-4H,10H2. The van der Waals surface area contributed by atoms with Crippen molar-refractivity contribution in [3.05, 3.63) is 30.1 Å². The van der Waals surface area contributed by atoms with Gasteiger partial charge in [0.2, 0.25) is 0 Å². The van der Waals surface area contributed by atoms with Crippen LogP contribution in [0.3, 0.4) is 0 Å². The van der Waals surface area contributed by atoms with Gasteiger partial charge in [-0.05, 0) is 6.07 Å². The number of benzene rings is 1. The Morgan fingerprint density at radius 2 is 1.60 bits per heavy atom. The van der Waals surface area contributed by atoms with Crippen LogP contribution in [0.4, 0.5) is 13.2 Å². The fourth-order valence-electron chi connectivity index (χ4n) is 1.42. The molecule has 0 bridgehead atoms. The molecule has 0 fully saturated rings. The third kappa shape index (κ3) is 1.67. The molecule has 0 N–H and O–H groups in total. The van der Waals surface area contributed by atoms with Gasteiger partial charge in [-0.1, -0.05) is 11.5 Å². The van der Waals surface area contributed by atoms with E-state index in [-0.39, 0.29) is 5.52 Å². The van der Waals surface area contributed by atoms with Gasteiger partial charge in [-0.3, -0.25) is 9.97 Å². The van der Waals surface area contributed by atoms with Gasteiger partial charge < -0.3 is 0 Å². The lowest BCUT2D eigenvalue weighted by molar-refractivity contribution is -0.136. The lowest BCUT2D eigenvalue weighted by Gasteiger charge is -2.09. The number of nitrogens with zero attached hydrogens (tertiary/aromatic N) is 2. The maximum absolute atomic E-state index is 12.6. The van der Waals surface area contributed by atoms with E-state index < -0.39 is 11.7 Å². The highest BCUT2D eigenvalue weighted by atomic mass is 19.4. The molecule has 0 amide bonds. The van der Waals surface area contributed by atoms with Crippen LogP contribution < -0.4 is 5.46 Å². The molecule has 2 nitrogen and oxygen atoms in total. The SMILES string of the molecule is Bc1ccc(C(F)(F)F)c2nccnc12. The van der Waals surface area contributed by atoms with Crippen LogP contribution in [0.15, 0.2) is 24.5 Å². The molecule has 0 aliphatic carbocycles. The number of hydrogen-bond donors (Lipinski definition) is 0. The molecule has 15 heavy (non-hydrogen) atoms. The van der Waals surface area contributed by atoms with Gasteiger partial charge >= 0.3 is 6.18 Å². The summed E-state index contributed by atoms with van der Waals surface area (Å²) in [4.78, 5) is 7.62. The van der Waals surface area contributed by atoms with Crippen molar-refractivity contribution in [1.29, 1.82) is 0 Å². The van der Waals surface area contributed by atoms with E-state index in [1.54, 1.807) is 7.85 Å². The minimum Gasteiger partial charge on any atom is -0.254 e. The Labute approximate surface area is 84.6 Å². The Kier molecular flexibility index (Phi) is 2.14. The normalized spacial score (nSPS) is 11.9. The van der Waals surface area contributed by atoms with Crippen molar-refractivity contribution in [3.63, 3.8) is 0 Å². The molecular weight excluding hydrogens is 204 g/mol. The van der Waals surface area contributed by atoms with E-state index in [4.69, 9.17) is 0 Å². The van der Waals surface area contributed by atoms with Crippen molar-refractivity contribution < 1.29 is 13.2 Å². The molecule has 0 spiro atoms.